The molecule has 1 aromatic carbocycles. The standard InChI is InChI=1S/C12H16N2O4/c1-12(15)6-7-13(8-12)9-4-3-5-10(18-2)11(9)14(16)17/h3-5,15H,6-8H2,1-2H3. The van der Waals surface area contributed by atoms with Gasteiger partial charge in [-0.1, -0.05) is 6.07 Å². The van der Waals surface area contributed by atoms with E-state index in [1.54, 1.807) is 25.1 Å². The molecular weight excluding hydrogens is 236 g/mol. The van der Waals surface area contributed by atoms with E-state index in [-0.39, 0.29) is 11.4 Å². The fourth-order valence-electron chi connectivity index (χ4n) is 2.26. The number of ether oxygens (including phenoxy) is 1. The molecule has 0 spiro atoms. The lowest BCUT2D eigenvalue weighted by Gasteiger charge is -2.21. The minimum Gasteiger partial charge on any atom is -0.490 e. The number of anilines is 1. The lowest BCUT2D eigenvalue weighted by atomic mass is 10.1. The maximum atomic E-state index is 11.2. The molecule has 1 atom stereocenters. The molecule has 1 unspecified atom stereocenters. The monoisotopic (exact) mass is 252 g/mol. The van der Waals surface area contributed by atoms with Crippen molar-refractivity contribution in [2.24, 2.45) is 0 Å². The Kier molecular flexibility index (Phi) is 3.13. The first-order chi connectivity index (χ1) is 8.44. The predicted molar refractivity (Wildman–Crippen MR) is 67.1 cm³/mol. The molecule has 0 aliphatic carbocycles. The molecule has 0 saturated carbocycles. The summed E-state index contributed by atoms with van der Waals surface area (Å²) in [5.74, 6) is 0.240. The summed E-state index contributed by atoms with van der Waals surface area (Å²) in [7, 11) is 1.41. The van der Waals surface area contributed by atoms with Crippen molar-refractivity contribution in [1.82, 2.24) is 0 Å². The van der Waals surface area contributed by atoms with Crippen LogP contribution < -0.4 is 9.64 Å². The molecule has 1 aliphatic heterocycles. The number of aliphatic hydroxyl groups is 1. The molecule has 1 heterocycles. The zero-order chi connectivity index (χ0) is 13.3. The minimum atomic E-state index is -0.795. The van der Waals surface area contributed by atoms with Gasteiger partial charge in [0.15, 0.2) is 5.75 Å². The largest absolute Gasteiger partial charge is 0.490 e. The number of rotatable bonds is 3. The van der Waals surface area contributed by atoms with Gasteiger partial charge in [0.05, 0.1) is 17.6 Å². The first-order valence-corrected chi connectivity index (χ1v) is 5.73. The van der Waals surface area contributed by atoms with Gasteiger partial charge in [-0.05, 0) is 25.5 Å². The van der Waals surface area contributed by atoms with E-state index < -0.39 is 10.5 Å². The fraction of sp³-hybridized carbons (Fsp3) is 0.500. The van der Waals surface area contributed by atoms with Crippen LogP contribution in [0, 0.1) is 10.1 Å². The van der Waals surface area contributed by atoms with Crippen LogP contribution in [0.1, 0.15) is 13.3 Å². The Bertz CT molecular complexity index is 473. The highest BCUT2D eigenvalue weighted by Crippen LogP contribution is 2.39. The number of para-hydroxylation sites is 1. The van der Waals surface area contributed by atoms with Crippen LogP contribution >= 0.6 is 0 Å². The van der Waals surface area contributed by atoms with Crippen molar-refractivity contribution < 1.29 is 14.8 Å². The van der Waals surface area contributed by atoms with Crippen LogP contribution in [0.2, 0.25) is 0 Å². The summed E-state index contributed by atoms with van der Waals surface area (Å²) in [4.78, 5) is 12.5. The third-order valence-electron chi connectivity index (χ3n) is 3.17. The van der Waals surface area contributed by atoms with Crippen LogP contribution in [0.15, 0.2) is 18.2 Å². The van der Waals surface area contributed by atoms with Gasteiger partial charge in [0.1, 0.15) is 5.69 Å². The van der Waals surface area contributed by atoms with E-state index in [0.29, 0.717) is 25.2 Å². The molecule has 18 heavy (non-hydrogen) atoms. The van der Waals surface area contributed by atoms with Crippen molar-refractivity contribution in [3.05, 3.63) is 28.3 Å². The van der Waals surface area contributed by atoms with Crippen molar-refractivity contribution in [1.29, 1.82) is 0 Å². The summed E-state index contributed by atoms with van der Waals surface area (Å²) in [5.41, 5.74) is -0.341. The summed E-state index contributed by atoms with van der Waals surface area (Å²) >= 11 is 0. The number of methoxy groups -OCH3 is 1. The average molecular weight is 252 g/mol. The minimum absolute atomic E-state index is 0.0438. The second-order valence-corrected chi connectivity index (χ2v) is 4.75. The van der Waals surface area contributed by atoms with Crippen molar-refractivity contribution in [2.75, 3.05) is 25.1 Å². The van der Waals surface area contributed by atoms with Crippen molar-refractivity contribution in [2.45, 2.75) is 18.9 Å². The van der Waals surface area contributed by atoms with E-state index >= 15 is 0 Å². The average Bonchev–Trinajstić information content (AvgIpc) is 2.68. The predicted octanol–water partition coefficient (Wildman–Crippen LogP) is 1.56. The van der Waals surface area contributed by atoms with Crippen LogP contribution in [0.25, 0.3) is 0 Å². The van der Waals surface area contributed by atoms with Gasteiger partial charge in [0, 0.05) is 13.1 Å². The first-order valence-electron chi connectivity index (χ1n) is 5.73. The third-order valence-corrected chi connectivity index (χ3v) is 3.17. The quantitative estimate of drug-likeness (QED) is 0.652. The van der Waals surface area contributed by atoms with Gasteiger partial charge in [-0.3, -0.25) is 10.1 Å². The van der Waals surface area contributed by atoms with Gasteiger partial charge in [0.25, 0.3) is 0 Å². The topological polar surface area (TPSA) is 75.8 Å². The number of hydrogen-bond donors (Lipinski definition) is 1. The number of nitro groups is 1. The molecule has 2 rings (SSSR count). The lowest BCUT2D eigenvalue weighted by Crippen LogP contribution is -2.29. The van der Waals surface area contributed by atoms with Crippen LogP contribution in [0.4, 0.5) is 11.4 Å². The smallest absolute Gasteiger partial charge is 0.333 e. The molecule has 0 amide bonds. The fourth-order valence-corrected chi connectivity index (χ4v) is 2.26. The summed E-state index contributed by atoms with van der Waals surface area (Å²) in [6, 6.07) is 4.96. The summed E-state index contributed by atoms with van der Waals surface area (Å²) in [6.07, 6.45) is 0.599. The highest BCUT2D eigenvalue weighted by atomic mass is 16.6. The Balaban J connectivity index is 2.42. The lowest BCUT2D eigenvalue weighted by molar-refractivity contribution is -0.385. The molecule has 6 nitrogen and oxygen atoms in total. The molecule has 1 N–H and O–H groups in total. The number of nitrogens with zero attached hydrogens (tertiary/aromatic N) is 2. The van der Waals surface area contributed by atoms with Crippen molar-refractivity contribution in [3.63, 3.8) is 0 Å². The molecule has 0 radical (unpaired) electrons. The van der Waals surface area contributed by atoms with E-state index in [1.165, 1.54) is 7.11 Å². The van der Waals surface area contributed by atoms with Gasteiger partial charge >= 0.3 is 5.69 Å². The molecule has 1 fully saturated rings. The Labute approximate surface area is 105 Å². The zero-order valence-corrected chi connectivity index (χ0v) is 10.4. The SMILES string of the molecule is COc1cccc(N2CCC(C)(O)C2)c1[N+](=O)[O-]. The Hall–Kier alpha value is -1.82. The normalized spacial score (nSPS) is 23.2. The zero-order valence-electron chi connectivity index (χ0n) is 10.4. The van der Waals surface area contributed by atoms with Crippen LogP contribution in [0.5, 0.6) is 5.75 Å². The van der Waals surface area contributed by atoms with Gasteiger partial charge in [0.2, 0.25) is 0 Å². The van der Waals surface area contributed by atoms with Gasteiger partial charge in [-0.15, -0.1) is 0 Å². The highest BCUT2D eigenvalue weighted by Gasteiger charge is 2.35. The van der Waals surface area contributed by atoms with Gasteiger partial charge in [-0.2, -0.15) is 0 Å². The van der Waals surface area contributed by atoms with Crippen molar-refractivity contribution in [3.8, 4) is 5.75 Å². The molecule has 0 bridgehead atoms. The first kappa shape index (κ1) is 12.6. The Morgan fingerprint density at radius 3 is 2.78 bits per heavy atom. The molecule has 1 aliphatic rings. The van der Waals surface area contributed by atoms with Crippen LogP contribution in [0.3, 0.4) is 0 Å². The summed E-state index contributed by atoms with van der Waals surface area (Å²) < 4.78 is 5.03. The highest BCUT2D eigenvalue weighted by molar-refractivity contribution is 5.70. The number of β-amino-alcohol motifs (C(OH)–C–C–N with tert-alkyl or cyclic N) is 1. The van der Waals surface area contributed by atoms with Crippen LogP contribution in [-0.4, -0.2) is 35.8 Å². The maximum absolute atomic E-state index is 11.2. The van der Waals surface area contributed by atoms with E-state index in [1.807, 2.05) is 4.90 Å². The molecule has 0 aromatic heterocycles. The van der Waals surface area contributed by atoms with E-state index in [9.17, 15) is 15.2 Å². The number of hydrogen-bond acceptors (Lipinski definition) is 5. The molecule has 6 heteroatoms. The second-order valence-electron chi connectivity index (χ2n) is 4.75. The van der Waals surface area contributed by atoms with E-state index in [4.69, 9.17) is 4.74 Å². The Morgan fingerprint density at radius 2 is 2.28 bits per heavy atom. The molecule has 98 valence electrons. The van der Waals surface area contributed by atoms with Gasteiger partial charge in [-0.25, -0.2) is 0 Å². The molecular formula is C12H16N2O4. The summed E-state index contributed by atoms with van der Waals surface area (Å²) in [6.45, 7) is 2.72. The maximum Gasteiger partial charge on any atom is 0.333 e. The van der Waals surface area contributed by atoms with Gasteiger partial charge < -0.3 is 14.7 Å². The van der Waals surface area contributed by atoms with E-state index in [2.05, 4.69) is 0 Å². The van der Waals surface area contributed by atoms with E-state index in [0.717, 1.165) is 0 Å². The third kappa shape index (κ3) is 2.24. The Morgan fingerprint density at radius 1 is 1.56 bits per heavy atom. The number of benzene rings is 1. The summed E-state index contributed by atoms with van der Waals surface area (Å²) in [5, 5.41) is 21.1. The van der Waals surface area contributed by atoms with Crippen LogP contribution in [-0.2, 0) is 0 Å². The number of nitro benzene ring substituents is 1. The van der Waals surface area contributed by atoms with Crippen molar-refractivity contribution >= 4 is 11.4 Å². The second kappa shape index (κ2) is 4.45. The molecule has 1 saturated heterocycles. The molecule has 1 aromatic rings.